The Labute approximate surface area is 132 Å². The Balaban J connectivity index is 2.00. The molecule has 2 bridgehead atoms. The van der Waals surface area contributed by atoms with Gasteiger partial charge in [-0.05, 0) is 61.1 Å². The van der Waals surface area contributed by atoms with E-state index in [0.717, 1.165) is 37.8 Å². The molecule has 0 heterocycles. The van der Waals surface area contributed by atoms with Crippen molar-refractivity contribution in [3.8, 4) is 11.5 Å². The van der Waals surface area contributed by atoms with E-state index in [1.807, 2.05) is 6.07 Å². The highest BCUT2D eigenvalue weighted by Gasteiger charge is 2.62. The van der Waals surface area contributed by atoms with Gasteiger partial charge in [-0.2, -0.15) is 0 Å². The predicted molar refractivity (Wildman–Crippen MR) is 87.2 cm³/mol. The molecular weight excluding hydrogens is 274 g/mol. The highest BCUT2D eigenvalue weighted by atomic mass is 16.5. The minimum atomic E-state index is 0.0414. The summed E-state index contributed by atoms with van der Waals surface area (Å²) in [7, 11) is 1.63. The first-order chi connectivity index (χ1) is 10.6. The fourth-order valence-electron chi connectivity index (χ4n) is 5.75. The first kappa shape index (κ1) is 14.1. The number of rotatable bonds is 2. The minimum Gasteiger partial charge on any atom is -0.504 e. The van der Waals surface area contributed by atoms with E-state index in [2.05, 4.69) is 25.1 Å². The van der Waals surface area contributed by atoms with Gasteiger partial charge < -0.3 is 15.6 Å². The van der Waals surface area contributed by atoms with Gasteiger partial charge in [0.05, 0.1) is 7.11 Å². The molecular formula is C19H25NO2. The van der Waals surface area contributed by atoms with Crippen molar-refractivity contribution < 1.29 is 9.84 Å². The summed E-state index contributed by atoms with van der Waals surface area (Å²) < 4.78 is 5.38. The maximum absolute atomic E-state index is 10.9. The second kappa shape index (κ2) is 4.51. The SMILES string of the molecule is COc1ccc2c(c1O)C13CCC=CC1C(C)C(CN)(C2)C3. The highest BCUT2D eigenvalue weighted by Crippen LogP contribution is 2.67. The summed E-state index contributed by atoms with van der Waals surface area (Å²) >= 11 is 0. The molecule has 3 N–H and O–H groups in total. The number of hydrogen-bond donors (Lipinski definition) is 2. The zero-order chi connectivity index (χ0) is 15.5. The van der Waals surface area contributed by atoms with Crippen LogP contribution in [0.5, 0.6) is 11.5 Å². The van der Waals surface area contributed by atoms with Crippen molar-refractivity contribution in [1.29, 1.82) is 0 Å². The normalized spacial score (nSPS) is 38.5. The van der Waals surface area contributed by atoms with Gasteiger partial charge in [0.15, 0.2) is 11.5 Å². The van der Waals surface area contributed by atoms with Gasteiger partial charge >= 0.3 is 0 Å². The summed E-state index contributed by atoms with van der Waals surface area (Å²) in [6, 6.07) is 4.05. The van der Waals surface area contributed by atoms with Gasteiger partial charge in [-0.1, -0.05) is 25.1 Å². The van der Waals surface area contributed by atoms with Crippen molar-refractivity contribution in [2.45, 2.75) is 38.0 Å². The number of allylic oxidation sites excluding steroid dienone is 2. The molecule has 0 radical (unpaired) electrons. The Morgan fingerprint density at radius 1 is 1.41 bits per heavy atom. The van der Waals surface area contributed by atoms with Crippen LogP contribution in [0, 0.1) is 17.3 Å². The largest absolute Gasteiger partial charge is 0.504 e. The number of methoxy groups -OCH3 is 1. The third-order valence-corrected chi connectivity index (χ3v) is 6.80. The Kier molecular flexibility index (Phi) is 2.90. The molecule has 0 amide bonds. The van der Waals surface area contributed by atoms with E-state index < -0.39 is 0 Å². The van der Waals surface area contributed by atoms with Gasteiger partial charge in [-0.15, -0.1) is 0 Å². The van der Waals surface area contributed by atoms with Crippen molar-refractivity contribution in [3.63, 3.8) is 0 Å². The standard InChI is InChI=1S/C19H25NO2/c1-12-14-5-3-4-8-19(14)10-18(12,11-20)9-13-6-7-15(22-2)17(21)16(13)19/h3,5-7,12,14,21H,4,8-11,20H2,1-2H3. The van der Waals surface area contributed by atoms with Gasteiger partial charge in [0.1, 0.15) is 0 Å². The Morgan fingerprint density at radius 2 is 2.23 bits per heavy atom. The summed E-state index contributed by atoms with van der Waals surface area (Å²) in [6.07, 6.45) is 8.96. The van der Waals surface area contributed by atoms with Crippen LogP contribution in [0.15, 0.2) is 24.3 Å². The summed E-state index contributed by atoms with van der Waals surface area (Å²) in [5, 5.41) is 10.9. The van der Waals surface area contributed by atoms with Gasteiger partial charge in [-0.3, -0.25) is 0 Å². The lowest BCUT2D eigenvalue weighted by molar-refractivity contribution is 0.200. The van der Waals surface area contributed by atoms with Gasteiger partial charge in [0, 0.05) is 11.0 Å². The smallest absolute Gasteiger partial charge is 0.161 e. The summed E-state index contributed by atoms with van der Waals surface area (Å²) in [6.45, 7) is 3.08. The van der Waals surface area contributed by atoms with Crippen molar-refractivity contribution in [2.75, 3.05) is 13.7 Å². The Morgan fingerprint density at radius 3 is 2.95 bits per heavy atom. The third kappa shape index (κ3) is 1.50. The highest BCUT2D eigenvalue weighted by molar-refractivity contribution is 5.58. The van der Waals surface area contributed by atoms with Crippen molar-refractivity contribution in [3.05, 3.63) is 35.4 Å². The summed E-state index contributed by atoms with van der Waals surface area (Å²) in [5.74, 6) is 1.98. The number of fused-ring (bicyclic) bond motifs is 2. The molecule has 3 aliphatic rings. The number of nitrogens with two attached hydrogens (primary N) is 1. The number of benzene rings is 1. The molecule has 0 saturated heterocycles. The molecule has 3 aliphatic carbocycles. The van der Waals surface area contributed by atoms with Crippen LogP contribution in [0.4, 0.5) is 0 Å². The van der Waals surface area contributed by atoms with E-state index >= 15 is 0 Å². The molecule has 1 saturated carbocycles. The zero-order valence-corrected chi connectivity index (χ0v) is 13.4. The molecule has 4 atom stereocenters. The number of phenols is 1. The maximum Gasteiger partial charge on any atom is 0.161 e. The lowest BCUT2D eigenvalue weighted by atomic mass is 9.61. The average Bonchev–Trinajstić information content (AvgIpc) is 2.73. The first-order valence-electron chi connectivity index (χ1n) is 8.34. The van der Waals surface area contributed by atoms with Crippen LogP contribution in [0.3, 0.4) is 0 Å². The topological polar surface area (TPSA) is 55.5 Å². The van der Waals surface area contributed by atoms with Crippen LogP contribution in [0.2, 0.25) is 0 Å². The molecule has 1 aromatic carbocycles. The van der Waals surface area contributed by atoms with E-state index in [-0.39, 0.29) is 10.8 Å². The van der Waals surface area contributed by atoms with Crippen LogP contribution < -0.4 is 10.5 Å². The minimum absolute atomic E-state index is 0.0414. The number of aromatic hydroxyl groups is 1. The molecule has 118 valence electrons. The molecule has 0 aliphatic heterocycles. The van der Waals surface area contributed by atoms with E-state index in [4.69, 9.17) is 10.5 Å². The second-order valence-electron chi connectivity index (χ2n) is 7.51. The van der Waals surface area contributed by atoms with Crippen molar-refractivity contribution >= 4 is 0 Å². The average molecular weight is 299 g/mol. The van der Waals surface area contributed by atoms with Crippen LogP contribution in [-0.4, -0.2) is 18.8 Å². The molecule has 3 nitrogen and oxygen atoms in total. The van der Waals surface area contributed by atoms with E-state index in [9.17, 15) is 5.11 Å². The molecule has 1 spiro atoms. The van der Waals surface area contributed by atoms with Gasteiger partial charge in [0.2, 0.25) is 0 Å². The molecule has 4 rings (SSSR count). The van der Waals surface area contributed by atoms with E-state index in [0.29, 0.717) is 23.3 Å². The lowest BCUT2D eigenvalue weighted by Gasteiger charge is -2.43. The summed E-state index contributed by atoms with van der Waals surface area (Å²) in [5.41, 5.74) is 8.90. The number of ether oxygens (including phenoxy) is 1. The summed E-state index contributed by atoms with van der Waals surface area (Å²) in [4.78, 5) is 0. The lowest BCUT2D eigenvalue weighted by Crippen LogP contribution is -2.40. The van der Waals surface area contributed by atoms with Crippen molar-refractivity contribution in [1.82, 2.24) is 0 Å². The molecule has 22 heavy (non-hydrogen) atoms. The maximum atomic E-state index is 10.9. The predicted octanol–water partition coefficient (Wildman–Crippen LogP) is 3.15. The van der Waals surface area contributed by atoms with Crippen LogP contribution in [0.1, 0.15) is 37.3 Å². The fraction of sp³-hybridized carbons (Fsp3) is 0.579. The fourth-order valence-corrected chi connectivity index (χ4v) is 5.75. The zero-order valence-electron chi connectivity index (χ0n) is 13.4. The van der Waals surface area contributed by atoms with Crippen LogP contribution >= 0.6 is 0 Å². The second-order valence-corrected chi connectivity index (χ2v) is 7.51. The molecule has 1 fully saturated rings. The van der Waals surface area contributed by atoms with Crippen molar-refractivity contribution in [2.24, 2.45) is 23.0 Å². The molecule has 3 heteroatoms. The Hall–Kier alpha value is -1.48. The third-order valence-electron chi connectivity index (χ3n) is 6.80. The molecule has 1 aromatic rings. The molecule has 4 unspecified atom stereocenters. The monoisotopic (exact) mass is 299 g/mol. The van der Waals surface area contributed by atoms with Gasteiger partial charge in [0.25, 0.3) is 0 Å². The number of phenolic OH excluding ortho intramolecular Hbond substituents is 1. The first-order valence-corrected chi connectivity index (χ1v) is 8.34. The van der Waals surface area contributed by atoms with Gasteiger partial charge in [-0.25, -0.2) is 0 Å². The van der Waals surface area contributed by atoms with Crippen LogP contribution in [0.25, 0.3) is 0 Å². The quantitative estimate of drug-likeness (QED) is 0.825. The molecule has 0 aromatic heterocycles. The Bertz CT molecular complexity index is 653. The van der Waals surface area contributed by atoms with Crippen LogP contribution in [-0.2, 0) is 11.8 Å². The van der Waals surface area contributed by atoms with E-state index in [1.165, 1.54) is 5.56 Å². The number of hydrogen-bond acceptors (Lipinski definition) is 3. The van der Waals surface area contributed by atoms with E-state index in [1.54, 1.807) is 7.11 Å².